The number of alkyl halides is 3. The zero-order valence-corrected chi connectivity index (χ0v) is 8.21. The van der Waals surface area contributed by atoms with E-state index in [0.29, 0.717) is 17.8 Å². The van der Waals surface area contributed by atoms with E-state index < -0.39 is 11.2 Å². The maximum absolute atomic E-state index is 12.1. The molecule has 0 aliphatic heterocycles. The molecule has 0 N–H and O–H groups in total. The number of ketones is 1. The summed E-state index contributed by atoms with van der Waals surface area (Å²) >= 11 is 0.402. The lowest BCUT2D eigenvalue weighted by molar-refractivity contribution is -0.137. The van der Waals surface area contributed by atoms with E-state index in [1.807, 2.05) is 0 Å². The van der Waals surface area contributed by atoms with Crippen molar-refractivity contribution in [2.45, 2.75) is 25.9 Å². The van der Waals surface area contributed by atoms with E-state index in [2.05, 4.69) is 4.98 Å². The third kappa shape index (κ3) is 2.54. The van der Waals surface area contributed by atoms with Gasteiger partial charge in [0.25, 0.3) is 0 Å². The van der Waals surface area contributed by atoms with E-state index in [1.165, 1.54) is 0 Å². The lowest BCUT2D eigenvalue weighted by Gasteiger charge is -1.98. The van der Waals surface area contributed by atoms with Crippen molar-refractivity contribution < 1.29 is 18.0 Å². The summed E-state index contributed by atoms with van der Waals surface area (Å²) in [5.41, 5.74) is 0. The van der Waals surface area contributed by atoms with Gasteiger partial charge in [-0.2, -0.15) is 13.2 Å². The monoisotopic (exact) mass is 223 g/mol. The van der Waals surface area contributed by atoms with Gasteiger partial charge in [0.15, 0.2) is 10.8 Å². The Morgan fingerprint density at radius 1 is 1.57 bits per heavy atom. The Balaban J connectivity index is 2.83. The van der Waals surface area contributed by atoms with Crippen molar-refractivity contribution in [3.8, 4) is 0 Å². The number of carbonyl (C=O) groups excluding carboxylic acids is 1. The molecule has 0 amide bonds. The van der Waals surface area contributed by atoms with Crippen LogP contribution in [0.2, 0.25) is 0 Å². The van der Waals surface area contributed by atoms with Crippen molar-refractivity contribution in [3.63, 3.8) is 0 Å². The second-order valence-electron chi connectivity index (χ2n) is 2.70. The summed E-state index contributed by atoms with van der Waals surface area (Å²) in [6.07, 6.45) is -2.57. The van der Waals surface area contributed by atoms with Crippen LogP contribution in [0.4, 0.5) is 13.2 Å². The Labute approximate surface area is 82.8 Å². The molecule has 14 heavy (non-hydrogen) atoms. The first-order valence-electron chi connectivity index (χ1n) is 4.01. The predicted molar refractivity (Wildman–Crippen MR) is 46.4 cm³/mol. The van der Waals surface area contributed by atoms with Gasteiger partial charge in [-0.05, 0) is 6.42 Å². The van der Waals surface area contributed by atoms with Crippen LogP contribution in [-0.2, 0) is 6.18 Å². The third-order valence-corrected chi connectivity index (χ3v) is 2.58. The average Bonchev–Trinajstić information content (AvgIpc) is 2.51. The van der Waals surface area contributed by atoms with Crippen LogP contribution < -0.4 is 0 Å². The normalized spacial score (nSPS) is 11.7. The lowest BCUT2D eigenvalue weighted by Crippen LogP contribution is -2.03. The molecule has 0 aromatic carbocycles. The molecular formula is C8H8F3NOS. The number of halogens is 3. The second-order valence-corrected chi connectivity index (χ2v) is 3.73. The minimum absolute atomic E-state index is 0.0826. The minimum atomic E-state index is -4.45. The maximum Gasteiger partial charge on any atom is 0.443 e. The van der Waals surface area contributed by atoms with E-state index in [0.717, 1.165) is 6.20 Å². The number of thiazole rings is 1. The first kappa shape index (κ1) is 11.2. The van der Waals surface area contributed by atoms with Crippen LogP contribution in [0.3, 0.4) is 0 Å². The highest BCUT2D eigenvalue weighted by atomic mass is 32.1. The molecule has 0 fully saturated rings. The number of carbonyl (C=O) groups is 1. The number of Topliss-reactive ketones (excluding diaryl/α,β-unsaturated/α-hetero) is 1. The first-order chi connectivity index (χ1) is 6.45. The highest BCUT2D eigenvalue weighted by Crippen LogP contribution is 2.32. The molecule has 0 aliphatic carbocycles. The van der Waals surface area contributed by atoms with Crippen molar-refractivity contribution in [1.29, 1.82) is 0 Å². The minimum Gasteiger partial charge on any atom is -0.293 e. The van der Waals surface area contributed by atoms with Gasteiger partial charge in [0.2, 0.25) is 0 Å². The summed E-state index contributed by atoms with van der Waals surface area (Å²) in [7, 11) is 0. The molecule has 0 radical (unpaired) electrons. The van der Waals surface area contributed by atoms with Crippen LogP contribution in [0, 0.1) is 0 Å². The van der Waals surface area contributed by atoms with Crippen LogP contribution in [0.1, 0.15) is 34.4 Å². The fraction of sp³-hybridized carbons (Fsp3) is 0.500. The fourth-order valence-corrected chi connectivity index (χ4v) is 1.64. The molecule has 0 unspecified atom stereocenters. The van der Waals surface area contributed by atoms with E-state index in [4.69, 9.17) is 0 Å². The molecule has 1 rings (SSSR count). The Hall–Kier alpha value is -0.910. The quantitative estimate of drug-likeness (QED) is 0.737. The molecular weight excluding hydrogens is 215 g/mol. The Bertz CT molecular complexity index is 332. The van der Waals surface area contributed by atoms with E-state index >= 15 is 0 Å². The van der Waals surface area contributed by atoms with Crippen molar-refractivity contribution in [3.05, 3.63) is 16.1 Å². The SMILES string of the molecule is CCCC(=O)c1cnc(C(F)(F)F)s1. The largest absolute Gasteiger partial charge is 0.443 e. The molecule has 0 spiro atoms. The number of nitrogens with zero attached hydrogens (tertiary/aromatic N) is 1. The molecule has 0 aliphatic rings. The zero-order chi connectivity index (χ0) is 10.8. The predicted octanol–water partition coefficient (Wildman–Crippen LogP) is 3.14. The van der Waals surface area contributed by atoms with Crippen molar-refractivity contribution >= 4 is 17.1 Å². The van der Waals surface area contributed by atoms with Gasteiger partial charge >= 0.3 is 6.18 Å². The molecule has 2 nitrogen and oxygen atoms in total. The maximum atomic E-state index is 12.1. The van der Waals surface area contributed by atoms with Gasteiger partial charge in [-0.3, -0.25) is 4.79 Å². The van der Waals surface area contributed by atoms with Crippen LogP contribution in [0.15, 0.2) is 6.20 Å². The molecule has 1 heterocycles. The highest BCUT2D eigenvalue weighted by molar-refractivity contribution is 7.13. The summed E-state index contributed by atoms with van der Waals surface area (Å²) in [5, 5.41) is -0.961. The first-order valence-corrected chi connectivity index (χ1v) is 4.83. The number of rotatable bonds is 3. The molecule has 0 atom stereocenters. The highest BCUT2D eigenvalue weighted by Gasteiger charge is 2.35. The van der Waals surface area contributed by atoms with Crippen molar-refractivity contribution in [1.82, 2.24) is 4.98 Å². The molecule has 1 aromatic rings. The van der Waals surface area contributed by atoms with Crippen LogP contribution >= 0.6 is 11.3 Å². The van der Waals surface area contributed by atoms with Gasteiger partial charge in [0.1, 0.15) is 0 Å². The van der Waals surface area contributed by atoms with Crippen molar-refractivity contribution in [2.75, 3.05) is 0 Å². The standard InChI is InChI=1S/C8H8F3NOS/c1-2-3-5(13)6-4-12-7(14-6)8(9,10)11/h4H,2-3H2,1H3. The number of hydrogen-bond acceptors (Lipinski definition) is 3. The third-order valence-electron chi connectivity index (χ3n) is 1.50. The van der Waals surface area contributed by atoms with Gasteiger partial charge in [-0.25, -0.2) is 4.98 Å². The van der Waals surface area contributed by atoms with Gasteiger partial charge in [0, 0.05) is 12.6 Å². The fourth-order valence-electron chi connectivity index (χ4n) is 0.884. The molecule has 6 heteroatoms. The van der Waals surface area contributed by atoms with Gasteiger partial charge < -0.3 is 0 Å². The summed E-state index contributed by atoms with van der Waals surface area (Å²) in [6.45, 7) is 1.80. The smallest absolute Gasteiger partial charge is 0.293 e. The molecule has 0 bridgehead atoms. The van der Waals surface area contributed by atoms with Gasteiger partial charge in [-0.15, -0.1) is 11.3 Å². The topological polar surface area (TPSA) is 30.0 Å². The average molecular weight is 223 g/mol. The number of aromatic nitrogens is 1. The molecule has 0 saturated carbocycles. The Morgan fingerprint density at radius 3 is 2.64 bits per heavy atom. The number of hydrogen-bond donors (Lipinski definition) is 0. The van der Waals surface area contributed by atoms with E-state index in [-0.39, 0.29) is 17.1 Å². The van der Waals surface area contributed by atoms with Gasteiger partial charge in [-0.1, -0.05) is 6.92 Å². The summed E-state index contributed by atoms with van der Waals surface area (Å²) in [5.74, 6) is -0.277. The Morgan fingerprint density at radius 2 is 2.21 bits per heavy atom. The lowest BCUT2D eigenvalue weighted by atomic mass is 10.2. The second kappa shape index (κ2) is 4.08. The van der Waals surface area contributed by atoms with Crippen LogP contribution in [0.25, 0.3) is 0 Å². The molecule has 1 aromatic heterocycles. The summed E-state index contributed by atoms with van der Waals surface area (Å²) < 4.78 is 36.3. The summed E-state index contributed by atoms with van der Waals surface area (Å²) in [6, 6.07) is 0. The van der Waals surface area contributed by atoms with Crippen LogP contribution in [0.5, 0.6) is 0 Å². The van der Waals surface area contributed by atoms with Crippen LogP contribution in [-0.4, -0.2) is 10.8 Å². The van der Waals surface area contributed by atoms with E-state index in [1.54, 1.807) is 6.92 Å². The zero-order valence-electron chi connectivity index (χ0n) is 7.39. The van der Waals surface area contributed by atoms with Crippen molar-refractivity contribution in [2.24, 2.45) is 0 Å². The van der Waals surface area contributed by atoms with E-state index in [9.17, 15) is 18.0 Å². The molecule has 78 valence electrons. The van der Waals surface area contributed by atoms with Gasteiger partial charge in [0.05, 0.1) is 4.88 Å². The summed E-state index contributed by atoms with van der Waals surface area (Å²) in [4.78, 5) is 14.4. The Kier molecular flexibility index (Phi) is 3.25. The molecule has 0 saturated heterocycles.